The van der Waals surface area contributed by atoms with Gasteiger partial charge in [-0.15, -0.1) is 0 Å². The van der Waals surface area contributed by atoms with Gasteiger partial charge < -0.3 is 14.2 Å². The van der Waals surface area contributed by atoms with E-state index in [4.69, 9.17) is 14.2 Å². The number of hydrogen-bond donors (Lipinski definition) is 0. The highest BCUT2D eigenvalue weighted by atomic mass is 16.6. The van der Waals surface area contributed by atoms with Crippen molar-refractivity contribution >= 4 is 17.9 Å². The Balaban J connectivity index is 4.49. The summed E-state index contributed by atoms with van der Waals surface area (Å²) >= 11 is 0. The molecule has 0 N–H and O–H groups in total. The Morgan fingerprint density at radius 1 is 0.259 bits per heavy atom. The molecule has 0 aromatic heterocycles. The summed E-state index contributed by atoms with van der Waals surface area (Å²) in [6.07, 6.45) is 98.3. The fourth-order valence-corrected chi connectivity index (χ4v) is 8.63. The van der Waals surface area contributed by atoms with Crippen molar-refractivity contribution in [3.05, 3.63) is 158 Å². The molecule has 0 saturated carbocycles. The normalized spacial score (nSPS) is 13.2. The first kappa shape index (κ1) is 76.0. The molecule has 0 rings (SSSR count). The predicted molar refractivity (Wildman–Crippen MR) is 352 cm³/mol. The fraction of sp³-hybridized carbons (Fsp3) is 0.613. The number of rotatable bonds is 58. The number of carbonyl (C=O) groups is 3. The Bertz CT molecular complexity index is 1810. The number of esters is 3. The average Bonchev–Trinajstić information content (AvgIpc) is 3.47. The van der Waals surface area contributed by atoms with Gasteiger partial charge in [0, 0.05) is 19.3 Å². The highest BCUT2D eigenvalue weighted by molar-refractivity contribution is 5.71. The Hall–Kier alpha value is -4.97. The van der Waals surface area contributed by atoms with Gasteiger partial charge in [0.1, 0.15) is 13.2 Å². The molecule has 0 bridgehead atoms. The molecule has 0 aromatic rings. The lowest BCUT2D eigenvalue weighted by Gasteiger charge is -2.18. The second-order valence-electron chi connectivity index (χ2n) is 21.3. The maximum Gasteiger partial charge on any atom is 0.306 e. The summed E-state index contributed by atoms with van der Waals surface area (Å²) in [5, 5.41) is 0. The Kier molecular flexibility index (Phi) is 63.4. The van der Waals surface area contributed by atoms with Crippen molar-refractivity contribution in [3.63, 3.8) is 0 Å². The lowest BCUT2D eigenvalue weighted by atomic mass is 10.1. The van der Waals surface area contributed by atoms with Gasteiger partial charge in [-0.1, -0.05) is 275 Å². The lowest BCUT2D eigenvalue weighted by Crippen LogP contribution is -2.30. The van der Waals surface area contributed by atoms with Crippen LogP contribution in [0.1, 0.15) is 278 Å². The van der Waals surface area contributed by atoms with Gasteiger partial charge in [0.15, 0.2) is 6.10 Å². The SMILES string of the molecule is CC/C=C\C/C=C\C/C=C\C/C=C\C/C=C\C/C=C\C/C=C\C/C=C\C/C=C\CCCC(=O)OCC(COC(=O)CCCCCCC/C=C\C/C=C\C/C=C\CC)OC(=O)CCCCCCCCCCC/C=C\CCCCCCCC. The van der Waals surface area contributed by atoms with Crippen LogP contribution in [0.3, 0.4) is 0 Å². The Morgan fingerprint density at radius 2 is 0.494 bits per heavy atom. The molecule has 0 spiro atoms. The third-order valence-electron chi connectivity index (χ3n) is 13.5. The van der Waals surface area contributed by atoms with E-state index in [1.54, 1.807) is 0 Å². The van der Waals surface area contributed by atoms with Crippen molar-refractivity contribution in [2.75, 3.05) is 13.2 Å². The monoisotopic (exact) mass is 1120 g/mol. The second kappa shape index (κ2) is 67.5. The van der Waals surface area contributed by atoms with Gasteiger partial charge in [-0.25, -0.2) is 0 Å². The van der Waals surface area contributed by atoms with Gasteiger partial charge in [-0.2, -0.15) is 0 Å². The highest BCUT2D eigenvalue weighted by Gasteiger charge is 2.19. The zero-order chi connectivity index (χ0) is 58.5. The fourth-order valence-electron chi connectivity index (χ4n) is 8.63. The molecule has 6 heteroatoms. The quantitative estimate of drug-likeness (QED) is 0.0261. The number of unbranched alkanes of at least 4 members (excludes halogenated alkanes) is 21. The first-order valence-corrected chi connectivity index (χ1v) is 33.0. The van der Waals surface area contributed by atoms with Gasteiger partial charge >= 0.3 is 17.9 Å². The average molecular weight is 1120 g/mol. The highest BCUT2D eigenvalue weighted by Crippen LogP contribution is 2.15. The van der Waals surface area contributed by atoms with Crippen molar-refractivity contribution in [3.8, 4) is 0 Å². The molecule has 0 aromatic carbocycles. The summed E-state index contributed by atoms with van der Waals surface area (Å²) in [4.78, 5) is 38.3. The van der Waals surface area contributed by atoms with Crippen LogP contribution in [-0.4, -0.2) is 37.2 Å². The van der Waals surface area contributed by atoms with Crippen LogP contribution >= 0.6 is 0 Å². The smallest absolute Gasteiger partial charge is 0.306 e. The van der Waals surface area contributed by atoms with E-state index >= 15 is 0 Å². The van der Waals surface area contributed by atoms with Crippen LogP contribution in [0.2, 0.25) is 0 Å². The topological polar surface area (TPSA) is 78.9 Å². The van der Waals surface area contributed by atoms with Gasteiger partial charge in [0.2, 0.25) is 0 Å². The van der Waals surface area contributed by atoms with Crippen LogP contribution in [0.5, 0.6) is 0 Å². The first-order chi connectivity index (χ1) is 40.0. The number of allylic oxidation sites excluding steroid dienone is 26. The lowest BCUT2D eigenvalue weighted by molar-refractivity contribution is -0.167. The van der Waals surface area contributed by atoms with Crippen LogP contribution in [0.15, 0.2) is 158 Å². The van der Waals surface area contributed by atoms with Gasteiger partial charge in [0.05, 0.1) is 0 Å². The minimum Gasteiger partial charge on any atom is -0.462 e. The molecule has 0 radical (unpaired) electrons. The summed E-state index contributed by atoms with van der Waals surface area (Å²) in [6.45, 7) is 6.35. The number of ether oxygens (including phenoxy) is 3. The van der Waals surface area contributed by atoms with E-state index in [-0.39, 0.29) is 37.5 Å². The molecule has 81 heavy (non-hydrogen) atoms. The third-order valence-corrected chi connectivity index (χ3v) is 13.5. The molecule has 1 unspecified atom stereocenters. The van der Waals surface area contributed by atoms with Crippen LogP contribution in [0.25, 0.3) is 0 Å². The zero-order valence-electron chi connectivity index (χ0n) is 52.2. The van der Waals surface area contributed by atoms with Crippen molar-refractivity contribution in [2.45, 2.75) is 284 Å². The van der Waals surface area contributed by atoms with E-state index in [1.807, 2.05) is 0 Å². The molecule has 6 nitrogen and oxygen atoms in total. The summed E-state index contributed by atoms with van der Waals surface area (Å²) in [5.74, 6) is -0.991. The largest absolute Gasteiger partial charge is 0.462 e. The minimum absolute atomic E-state index is 0.111. The predicted octanol–water partition coefficient (Wildman–Crippen LogP) is 22.9. The van der Waals surface area contributed by atoms with Crippen molar-refractivity contribution in [2.24, 2.45) is 0 Å². The van der Waals surface area contributed by atoms with E-state index in [2.05, 4.69) is 179 Å². The van der Waals surface area contributed by atoms with Crippen molar-refractivity contribution < 1.29 is 28.6 Å². The standard InChI is InChI=1S/C75H120O6/c1-4-7-10-13-16-19-22-25-28-30-32-33-34-35-36-37-38-39-40-41-43-44-47-50-53-56-59-62-65-68-74(77)80-71-72(70-79-73(76)67-64-61-58-55-52-49-46-27-24-21-18-15-12-9-6-3)81-75(78)69-66-63-60-57-54-51-48-45-42-31-29-26-23-20-17-14-11-8-5-2/h7,9-10,12,16,18-19,21,25-29,32-33,35-36,38-39,41,43,46-47,50,56,59,72H,4-6,8,11,13-15,17,20,22-24,30-31,34,37,40,42,44-45,48-49,51-55,57-58,60-71H2,1-3H3/b10-7-,12-9-,19-16-,21-18-,28-25-,29-26-,33-32-,36-35-,39-38-,43-41-,46-27-,50-47-,59-56-. The Morgan fingerprint density at radius 3 is 0.815 bits per heavy atom. The zero-order valence-corrected chi connectivity index (χ0v) is 52.2. The molecular weight excluding hydrogens is 997 g/mol. The van der Waals surface area contributed by atoms with Crippen LogP contribution in [-0.2, 0) is 28.6 Å². The van der Waals surface area contributed by atoms with Gasteiger partial charge in [-0.05, 0) is 141 Å². The van der Waals surface area contributed by atoms with Crippen LogP contribution < -0.4 is 0 Å². The molecule has 0 aliphatic rings. The van der Waals surface area contributed by atoms with E-state index in [1.165, 1.54) is 89.9 Å². The second-order valence-corrected chi connectivity index (χ2v) is 21.3. The van der Waals surface area contributed by atoms with E-state index in [0.717, 1.165) is 141 Å². The third kappa shape index (κ3) is 65.7. The molecular formula is C75H120O6. The summed E-state index contributed by atoms with van der Waals surface area (Å²) in [5.41, 5.74) is 0. The number of hydrogen-bond acceptors (Lipinski definition) is 6. The maximum absolute atomic E-state index is 12.9. The van der Waals surface area contributed by atoms with E-state index in [0.29, 0.717) is 19.3 Å². The number of carbonyl (C=O) groups excluding carboxylic acids is 3. The summed E-state index contributed by atoms with van der Waals surface area (Å²) < 4.78 is 16.9. The molecule has 0 heterocycles. The summed E-state index contributed by atoms with van der Waals surface area (Å²) in [7, 11) is 0. The van der Waals surface area contributed by atoms with Crippen molar-refractivity contribution in [1.29, 1.82) is 0 Å². The van der Waals surface area contributed by atoms with E-state index < -0.39 is 6.10 Å². The van der Waals surface area contributed by atoms with E-state index in [9.17, 15) is 14.4 Å². The molecule has 0 saturated heterocycles. The first-order valence-electron chi connectivity index (χ1n) is 33.0. The molecule has 0 fully saturated rings. The summed E-state index contributed by atoms with van der Waals surface area (Å²) in [6, 6.07) is 0. The molecule has 0 aliphatic heterocycles. The van der Waals surface area contributed by atoms with Crippen LogP contribution in [0, 0.1) is 0 Å². The van der Waals surface area contributed by atoms with Gasteiger partial charge in [-0.3, -0.25) is 14.4 Å². The van der Waals surface area contributed by atoms with Crippen LogP contribution in [0.4, 0.5) is 0 Å². The van der Waals surface area contributed by atoms with Gasteiger partial charge in [0.25, 0.3) is 0 Å². The molecule has 0 amide bonds. The molecule has 456 valence electrons. The molecule has 0 aliphatic carbocycles. The maximum atomic E-state index is 12.9. The molecule has 1 atom stereocenters. The minimum atomic E-state index is -0.819. The van der Waals surface area contributed by atoms with Crippen molar-refractivity contribution in [1.82, 2.24) is 0 Å². The Labute approximate surface area is 499 Å².